The first kappa shape index (κ1) is 17.8. The van der Waals surface area contributed by atoms with Crippen LogP contribution >= 0.6 is 0 Å². The van der Waals surface area contributed by atoms with Gasteiger partial charge in [-0.2, -0.15) is 0 Å². The molecule has 3 heteroatoms. The maximum Gasteiger partial charge on any atom is 0.130 e. The highest BCUT2D eigenvalue weighted by Crippen LogP contribution is 2.26. The number of para-hydroxylation sites is 2. The molecule has 0 unspecified atom stereocenters. The number of nitrogens with zero attached hydrogens (tertiary/aromatic N) is 2. The molecule has 0 N–H and O–H groups in total. The van der Waals surface area contributed by atoms with Gasteiger partial charge < -0.3 is 9.30 Å². The Bertz CT molecular complexity index is 1090. The standard InChI is InChI=1S/C25H22N2O/c1-19-8-6-7-11-25(19)28-24-14-12-22(13-15-24)26-17-21-16-20(2)27(18-21)23-9-4-3-5-10-23/h3-18H,1-2H3. The number of rotatable bonds is 5. The second-order valence-corrected chi connectivity index (χ2v) is 6.74. The van der Waals surface area contributed by atoms with Crippen LogP contribution in [0.2, 0.25) is 0 Å². The fraction of sp³-hybridized carbons (Fsp3) is 0.0800. The monoisotopic (exact) mass is 366 g/mol. The number of aliphatic imine (C=N–C) groups is 1. The van der Waals surface area contributed by atoms with Gasteiger partial charge in [0.1, 0.15) is 11.5 Å². The molecule has 138 valence electrons. The van der Waals surface area contributed by atoms with Crippen molar-refractivity contribution in [2.75, 3.05) is 0 Å². The van der Waals surface area contributed by atoms with Crippen LogP contribution in [0.5, 0.6) is 11.5 Å². The molecule has 0 spiro atoms. The van der Waals surface area contributed by atoms with Crippen LogP contribution in [-0.2, 0) is 0 Å². The van der Waals surface area contributed by atoms with Crippen molar-refractivity contribution in [1.29, 1.82) is 0 Å². The van der Waals surface area contributed by atoms with Crippen molar-refractivity contribution in [1.82, 2.24) is 4.57 Å². The van der Waals surface area contributed by atoms with Gasteiger partial charge in [-0.3, -0.25) is 4.99 Å². The van der Waals surface area contributed by atoms with Crippen LogP contribution in [0.15, 0.2) is 96.1 Å². The molecule has 0 amide bonds. The average Bonchev–Trinajstić information content (AvgIpc) is 3.10. The summed E-state index contributed by atoms with van der Waals surface area (Å²) in [7, 11) is 0. The van der Waals surface area contributed by atoms with Gasteiger partial charge in [0.05, 0.1) is 5.69 Å². The third-order valence-corrected chi connectivity index (χ3v) is 4.59. The molecule has 3 aromatic carbocycles. The molecule has 0 saturated carbocycles. The van der Waals surface area contributed by atoms with Gasteiger partial charge in [0, 0.05) is 29.4 Å². The summed E-state index contributed by atoms with van der Waals surface area (Å²) in [4.78, 5) is 4.60. The van der Waals surface area contributed by atoms with E-state index in [0.29, 0.717) is 0 Å². The van der Waals surface area contributed by atoms with E-state index in [9.17, 15) is 0 Å². The van der Waals surface area contributed by atoms with Gasteiger partial charge >= 0.3 is 0 Å². The highest BCUT2D eigenvalue weighted by Gasteiger charge is 2.03. The van der Waals surface area contributed by atoms with Gasteiger partial charge in [-0.1, -0.05) is 36.4 Å². The van der Waals surface area contributed by atoms with Crippen LogP contribution in [0.25, 0.3) is 5.69 Å². The zero-order valence-corrected chi connectivity index (χ0v) is 16.0. The van der Waals surface area contributed by atoms with E-state index in [1.807, 2.05) is 79.9 Å². The van der Waals surface area contributed by atoms with Crippen LogP contribution in [0.3, 0.4) is 0 Å². The Morgan fingerprint density at radius 1 is 0.821 bits per heavy atom. The lowest BCUT2D eigenvalue weighted by atomic mass is 10.2. The van der Waals surface area contributed by atoms with Crippen LogP contribution in [-0.4, -0.2) is 10.8 Å². The van der Waals surface area contributed by atoms with Gasteiger partial charge in [0.2, 0.25) is 0 Å². The third-order valence-electron chi connectivity index (χ3n) is 4.59. The lowest BCUT2D eigenvalue weighted by molar-refractivity contribution is 0.479. The molecule has 0 atom stereocenters. The molecule has 4 aromatic rings. The number of aromatic nitrogens is 1. The molecule has 1 heterocycles. The van der Waals surface area contributed by atoms with E-state index >= 15 is 0 Å². The van der Waals surface area contributed by atoms with E-state index in [2.05, 4.69) is 40.9 Å². The van der Waals surface area contributed by atoms with Gasteiger partial charge in [0.25, 0.3) is 0 Å². The van der Waals surface area contributed by atoms with Crippen molar-refractivity contribution in [3.05, 3.63) is 108 Å². The van der Waals surface area contributed by atoms with Crippen molar-refractivity contribution in [2.45, 2.75) is 13.8 Å². The van der Waals surface area contributed by atoms with Crippen LogP contribution in [0, 0.1) is 13.8 Å². The molecule has 0 aliphatic carbocycles. The van der Waals surface area contributed by atoms with E-state index < -0.39 is 0 Å². The molecule has 0 aliphatic heterocycles. The maximum absolute atomic E-state index is 5.94. The first-order valence-electron chi connectivity index (χ1n) is 9.31. The molecule has 0 aliphatic rings. The Hall–Kier alpha value is -3.59. The number of aryl methyl sites for hydroxylation is 2. The lowest BCUT2D eigenvalue weighted by Gasteiger charge is -2.08. The Balaban J connectivity index is 1.47. The molecule has 0 fully saturated rings. The van der Waals surface area contributed by atoms with E-state index in [4.69, 9.17) is 4.74 Å². The van der Waals surface area contributed by atoms with E-state index in [1.165, 1.54) is 5.69 Å². The minimum Gasteiger partial charge on any atom is -0.457 e. The average molecular weight is 366 g/mol. The van der Waals surface area contributed by atoms with Gasteiger partial charge in [-0.25, -0.2) is 0 Å². The van der Waals surface area contributed by atoms with Gasteiger partial charge in [0.15, 0.2) is 0 Å². The second-order valence-electron chi connectivity index (χ2n) is 6.74. The van der Waals surface area contributed by atoms with Crippen molar-refractivity contribution in [3.63, 3.8) is 0 Å². The summed E-state index contributed by atoms with van der Waals surface area (Å²) in [5.74, 6) is 1.68. The number of hydrogen-bond donors (Lipinski definition) is 0. The minimum atomic E-state index is 0.805. The third kappa shape index (κ3) is 4.04. The van der Waals surface area contributed by atoms with Crippen LogP contribution in [0.4, 0.5) is 5.69 Å². The molecule has 3 nitrogen and oxygen atoms in total. The molecule has 4 rings (SSSR count). The van der Waals surface area contributed by atoms with Crippen molar-refractivity contribution in [3.8, 4) is 17.2 Å². The molecule has 0 saturated heterocycles. The SMILES string of the molecule is Cc1ccccc1Oc1ccc(N=Cc2cc(C)n(-c3ccccc3)c2)cc1. The first-order chi connectivity index (χ1) is 13.7. The summed E-state index contributed by atoms with van der Waals surface area (Å²) in [6, 6.07) is 28.3. The Morgan fingerprint density at radius 3 is 2.29 bits per heavy atom. The van der Waals surface area contributed by atoms with Gasteiger partial charge in [-0.05, 0) is 67.9 Å². The van der Waals surface area contributed by atoms with E-state index in [0.717, 1.165) is 34.0 Å². The predicted molar refractivity (Wildman–Crippen MR) is 115 cm³/mol. The Labute approximate surface area is 165 Å². The number of hydrogen-bond acceptors (Lipinski definition) is 2. The fourth-order valence-corrected chi connectivity index (χ4v) is 3.08. The Morgan fingerprint density at radius 2 is 1.54 bits per heavy atom. The smallest absolute Gasteiger partial charge is 0.130 e. The van der Waals surface area contributed by atoms with Crippen molar-refractivity contribution < 1.29 is 4.74 Å². The van der Waals surface area contributed by atoms with Crippen molar-refractivity contribution >= 4 is 11.9 Å². The molecule has 1 aromatic heterocycles. The summed E-state index contributed by atoms with van der Waals surface area (Å²) in [6.45, 7) is 4.14. The summed E-state index contributed by atoms with van der Waals surface area (Å²) < 4.78 is 8.11. The highest BCUT2D eigenvalue weighted by atomic mass is 16.5. The second kappa shape index (κ2) is 7.97. The zero-order valence-electron chi connectivity index (χ0n) is 16.0. The largest absolute Gasteiger partial charge is 0.457 e. The topological polar surface area (TPSA) is 26.5 Å². The summed E-state index contributed by atoms with van der Waals surface area (Å²) in [6.07, 6.45) is 3.99. The summed E-state index contributed by atoms with van der Waals surface area (Å²) in [5, 5.41) is 0. The zero-order chi connectivity index (χ0) is 19.3. The fourth-order valence-electron chi connectivity index (χ4n) is 3.08. The number of ether oxygens (including phenoxy) is 1. The molecular weight excluding hydrogens is 344 g/mol. The van der Waals surface area contributed by atoms with Crippen LogP contribution in [0.1, 0.15) is 16.8 Å². The van der Waals surface area contributed by atoms with Gasteiger partial charge in [-0.15, -0.1) is 0 Å². The van der Waals surface area contributed by atoms with E-state index in [1.54, 1.807) is 0 Å². The molecule has 0 bridgehead atoms. The van der Waals surface area contributed by atoms with Crippen LogP contribution < -0.4 is 4.74 Å². The predicted octanol–water partition coefficient (Wildman–Crippen LogP) is 6.64. The molecular formula is C25H22N2O. The normalized spacial score (nSPS) is 11.1. The quantitative estimate of drug-likeness (QED) is 0.364. The summed E-state index contributed by atoms with van der Waals surface area (Å²) in [5.41, 5.74) is 5.40. The molecule has 0 radical (unpaired) electrons. The van der Waals surface area contributed by atoms with E-state index in [-0.39, 0.29) is 0 Å². The lowest BCUT2D eigenvalue weighted by Crippen LogP contribution is -1.93. The number of benzene rings is 3. The first-order valence-corrected chi connectivity index (χ1v) is 9.31. The Kier molecular flexibility index (Phi) is 5.07. The molecule has 28 heavy (non-hydrogen) atoms. The maximum atomic E-state index is 5.94. The highest BCUT2D eigenvalue weighted by molar-refractivity contribution is 5.82. The summed E-state index contributed by atoms with van der Waals surface area (Å²) >= 11 is 0. The minimum absolute atomic E-state index is 0.805. The van der Waals surface area contributed by atoms with Crippen molar-refractivity contribution in [2.24, 2.45) is 4.99 Å².